The van der Waals surface area contributed by atoms with Crippen molar-refractivity contribution >= 4 is 16.7 Å². The van der Waals surface area contributed by atoms with Crippen LogP contribution in [-0.2, 0) is 0 Å². The van der Waals surface area contributed by atoms with E-state index in [2.05, 4.69) is 30.1 Å². The third-order valence-corrected chi connectivity index (χ3v) is 4.42. The van der Waals surface area contributed by atoms with Crippen molar-refractivity contribution in [2.24, 2.45) is 0 Å². The van der Waals surface area contributed by atoms with Crippen LogP contribution in [0.1, 0.15) is 28.9 Å². The Morgan fingerprint density at radius 1 is 1.11 bits per heavy atom. The van der Waals surface area contributed by atoms with Crippen LogP contribution < -0.4 is 14.8 Å². The van der Waals surface area contributed by atoms with Crippen LogP contribution in [0, 0.1) is 0 Å². The van der Waals surface area contributed by atoms with Crippen molar-refractivity contribution in [2.75, 3.05) is 13.7 Å². The first-order chi connectivity index (χ1) is 13.1. The Kier molecular flexibility index (Phi) is 5.77. The highest BCUT2D eigenvalue weighted by Gasteiger charge is 2.15. The summed E-state index contributed by atoms with van der Waals surface area (Å²) in [5.74, 6) is 0.933. The summed E-state index contributed by atoms with van der Waals surface area (Å²) >= 11 is 0. The van der Waals surface area contributed by atoms with Gasteiger partial charge in [-0.3, -0.25) is 4.79 Å². The average molecular weight is 361 g/mol. The fraction of sp³-hybridized carbons (Fsp3) is 0.174. The van der Waals surface area contributed by atoms with Crippen LogP contribution in [0.4, 0.5) is 0 Å². The van der Waals surface area contributed by atoms with E-state index < -0.39 is 0 Å². The van der Waals surface area contributed by atoms with Crippen molar-refractivity contribution < 1.29 is 14.3 Å². The molecule has 0 fully saturated rings. The summed E-state index contributed by atoms with van der Waals surface area (Å²) in [5.41, 5.74) is 1.60. The summed E-state index contributed by atoms with van der Waals surface area (Å²) in [4.78, 5) is 12.7. The first kappa shape index (κ1) is 18.5. The third-order valence-electron chi connectivity index (χ3n) is 4.42. The second-order valence-electron chi connectivity index (χ2n) is 6.23. The van der Waals surface area contributed by atoms with Crippen LogP contribution in [0.2, 0.25) is 0 Å². The van der Waals surface area contributed by atoms with Gasteiger partial charge in [0, 0.05) is 5.56 Å². The second kappa shape index (κ2) is 8.41. The quantitative estimate of drug-likeness (QED) is 0.609. The number of ether oxygens (including phenoxy) is 2. The number of amides is 1. The molecule has 0 aromatic heterocycles. The number of nitrogens with one attached hydrogen (secondary N) is 1. The van der Waals surface area contributed by atoms with Gasteiger partial charge in [-0.25, -0.2) is 0 Å². The lowest BCUT2D eigenvalue weighted by Crippen LogP contribution is -2.26. The second-order valence-corrected chi connectivity index (χ2v) is 6.23. The van der Waals surface area contributed by atoms with E-state index in [0.29, 0.717) is 23.7 Å². The summed E-state index contributed by atoms with van der Waals surface area (Å²) in [7, 11) is 1.55. The molecule has 0 radical (unpaired) electrons. The molecule has 0 spiro atoms. The number of hydrogen-bond acceptors (Lipinski definition) is 3. The van der Waals surface area contributed by atoms with Gasteiger partial charge >= 0.3 is 0 Å². The Bertz CT molecular complexity index is 959. The van der Waals surface area contributed by atoms with Crippen LogP contribution >= 0.6 is 0 Å². The zero-order valence-corrected chi connectivity index (χ0v) is 15.6. The summed E-state index contributed by atoms with van der Waals surface area (Å²) in [6.45, 7) is 5.99. The lowest BCUT2D eigenvalue weighted by atomic mass is 9.99. The molecule has 0 heterocycles. The van der Waals surface area contributed by atoms with E-state index in [9.17, 15) is 4.79 Å². The molecule has 3 aromatic carbocycles. The van der Waals surface area contributed by atoms with E-state index in [4.69, 9.17) is 9.47 Å². The van der Waals surface area contributed by atoms with Gasteiger partial charge in [0.1, 0.15) is 6.61 Å². The number of fused-ring (bicyclic) bond motifs is 1. The maximum absolute atomic E-state index is 12.7. The van der Waals surface area contributed by atoms with Crippen LogP contribution in [0.5, 0.6) is 11.5 Å². The van der Waals surface area contributed by atoms with Gasteiger partial charge in [0.05, 0.1) is 13.2 Å². The fourth-order valence-corrected chi connectivity index (χ4v) is 3.06. The highest BCUT2D eigenvalue weighted by atomic mass is 16.5. The Balaban J connectivity index is 1.81. The Hall–Kier alpha value is -3.27. The van der Waals surface area contributed by atoms with E-state index in [-0.39, 0.29) is 11.9 Å². The van der Waals surface area contributed by atoms with Gasteiger partial charge in [0.2, 0.25) is 0 Å². The molecule has 1 unspecified atom stereocenters. The molecular formula is C23H23NO3. The Morgan fingerprint density at radius 3 is 2.67 bits per heavy atom. The van der Waals surface area contributed by atoms with Crippen molar-refractivity contribution in [3.63, 3.8) is 0 Å². The number of methoxy groups -OCH3 is 1. The van der Waals surface area contributed by atoms with Gasteiger partial charge in [-0.1, -0.05) is 55.1 Å². The topological polar surface area (TPSA) is 47.6 Å². The molecule has 0 saturated carbocycles. The molecule has 27 heavy (non-hydrogen) atoms. The highest BCUT2D eigenvalue weighted by molar-refractivity contribution is 5.95. The maximum atomic E-state index is 12.7. The van der Waals surface area contributed by atoms with E-state index in [0.717, 1.165) is 16.3 Å². The molecule has 1 atom stereocenters. The van der Waals surface area contributed by atoms with Crippen LogP contribution in [0.15, 0.2) is 73.3 Å². The number of rotatable bonds is 7. The first-order valence-corrected chi connectivity index (χ1v) is 8.84. The van der Waals surface area contributed by atoms with Crippen molar-refractivity contribution in [1.82, 2.24) is 5.32 Å². The predicted molar refractivity (Wildman–Crippen MR) is 109 cm³/mol. The van der Waals surface area contributed by atoms with E-state index in [1.807, 2.05) is 31.2 Å². The minimum absolute atomic E-state index is 0.133. The van der Waals surface area contributed by atoms with E-state index in [1.165, 1.54) is 0 Å². The third kappa shape index (κ3) is 4.11. The van der Waals surface area contributed by atoms with Gasteiger partial charge < -0.3 is 14.8 Å². The summed E-state index contributed by atoms with van der Waals surface area (Å²) in [6, 6.07) is 19.3. The lowest BCUT2D eigenvalue weighted by Gasteiger charge is -2.17. The molecule has 0 bridgehead atoms. The Morgan fingerprint density at radius 2 is 1.89 bits per heavy atom. The number of carbonyl (C=O) groups excluding carboxylic acids is 1. The number of carbonyl (C=O) groups is 1. The van der Waals surface area contributed by atoms with E-state index in [1.54, 1.807) is 31.4 Å². The molecule has 4 heteroatoms. The predicted octanol–water partition coefficient (Wildman–Crippen LogP) is 4.90. The van der Waals surface area contributed by atoms with Gasteiger partial charge in [-0.2, -0.15) is 0 Å². The summed E-state index contributed by atoms with van der Waals surface area (Å²) in [6.07, 6.45) is 1.66. The van der Waals surface area contributed by atoms with Gasteiger partial charge in [-0.15, -0.1) is 0 Å². The van der Waals surface area contributed by atoms with Gasteiger partial charge in [0.15, 0.2) is 11.5 Å². The maximum Gasteiger partial charge on any atom is 0.251 e. The van der Waals surface area contributed by atoms with Gasteiger partial charge in [-0.05, 0) is 41.5 Å². The molecule has 0 aliphatic rings. The van der Waals surface area contributed by atoms with Crippen molar-refractivity contribution in [1.29, 1.82) is 0 Å². The van der Waals surface area contributed by atoms with Crippen LogP contribution in [0.25, 0.3) is 10.8 Å². The van der Waals surface area contributed by atoms with Gasteiger partial charge in [0.25, 0.3) is 5.91 Å². The molecule has 0 aliphatic heterocycles. The number of benzene rings is 3. The molecule has 0 saturated heterocycles. The lowest BCUT2D eigenvalue weighted by molar-refractivity contribution is 0.0939. The fourth-order valence-electron chi connectivity index (χ4n) is 3.06. The zero-order chi connectivity index (χ0) is 19.2. The first-order valence-electron chi connectivity index (χ1n) is 8.84. The highest BCUT2D eigenvalue weighted by Crippen LogP contribution is 2.29. The monoisotopic (exact) mass is 361 g/mol. The molecule has 3 aromatic rings. The number of hydrogen-bond donors (Lipinski definition) is 1. The molecule has 3 rings (SSSR count). The van der Waals surface area contributed by atoms with Crippen LogP contribution in [0.3, 0.4) is 0 Å². The zero-order valence-electron chi connectivity index (χ0n) is 15.6. The smallest absolute Gasteiger partial charge is 0.251 e. The minimum Gasteiger partial charge on any atom is -0.493 e. The minimum atomic E-state index is -0.163. The Labute approximate surface area is 159 Å². The van der Waals surface area contributed by atoms with Crippen LogP contribution in [-0.4, -0.2) is 19.6 Å². The standard InChI is InChI=1S/C23H23NO3/c1-4-14-27-21-13-12-18(15-22(21)26-3)23(25)24-16(2)19-11-7-9-17-8-5-6-10-20(17)19/h4-13,15-16H,1,14H2,2-3H3,(H,24,25). The molecular weight excluding hydrogens is 338 g/mol. The molecule has 1 amide bonds. The SMILES string of the molecule is C=CCOc1ccc(C(=O)NC(C)c2cccc3ccccc23)cc1OC. The largest absolute Gasteiger partial charge is 0.493 e. The van der Waals surface area contributed by atoms with Crippen molar-refractivity contribution in [3.8, 4) is 11.5 Å². The summed E-state index contributed by atoms with van der Waals surface area (Å²) in [5, 5.41) is 5.36. The molecule has 4 nitrogen and oxygen atoms in total. The summed E-state index contributed by atoms with van der Waals surface area (Å²) < 4.78 is 10.9. The molecule has 1 N–H and O–H groups in total. The van der Waals surface area contributed by atoms with Crippen molar-refractivity contribution in [2.45, 2.75) is 13.0 Å². The van der Waals surface area contributed by atoms with Crippen molar-refractivity contribution in [3.05, 3.63) is 84.4 Å². The molecule has 0 aliphatic carbocycles. The average Bonchev–Trinajstić information content (AvgIpc) is 2.71. The van der Waals surface area contributed by atoms with E-state index >= 15 is 0 Å². The molecule has 138 valence electrons. The normalized spacial score (nSPS) is 11.6.